The molecule has 0 bridgehead atoms. The van der Waals surface area contributed by atoms with Crippen molar-refractivity contribution in [2.75, 3.05) is 25.0 Å². The van der Waals surface area contributed by atoms with E-state index in [1.165, 1.54) is 22.5 Å². The molecule has 2 heterocycles. The topological polar surface area (TPSA) is 176 Å². The first-order valence-corrected chi connectivity index (χ1v) is 15.2. The summed E-state index contributed by atoms with van der Waals surface area (Å²) in [4.78, 5) is 33.7. The molecule has 0 unspecified atom stereocenters. The largest absolute Gasteiger partial charge is 0.479 e. The molecule has 1 saturated heterocycles. The number of nitro benzene ring substituents is 1. The summed E-state index contributed by atoms with van der Waals surface area (Å²) in [5.41, 5.74) is 1.34. The predicted octanol–water partition coefficient (Wildman–Crippen LogP) is 4.65. The van der Waals surface area contributed by atoms with Gasteiger partial charge in [0.25, 0.3) is 5.69 Å². The number of para-hydroxylation sites is 1. The summed E-state index contributed by atoms with van der Waals surface area (Å²) in [5, 5.41) is 33.1. The van der Waals surface area contributed by atoms with Crippen LogP contribution in [-0.4, -0.2) is 65.5 Å². The van der Waals surface area contributed by atoms with E-state index in [2.05, 4.69) is 21.2 Å². The van der Waals surface area contributed by atoms with Crippen LogP contribution in [0.25, 0.3) is 10.4 Å². The van der Waals surface area contributed by atoms with Gasteiger partial charge < -0.3 is 20.3 Å². The molecular formula is C25H24BrN3O9S2. The van der Waals surface area contributed by atoms with Gasteiger partial charge >= 0.3 is 11.9 Å². The van der Waals surface area contributed by atoms with Gasteiger partial charge in [-0.1, -0.05) is 30.3 Å². The van der Waals surface area contributed by atoms with E-state index in [9.17, 15) is 33.2 Å². The fourth-order valence-electron chi connectivity index (χ4n) is 4.35. The molecule has 0 spiro atoms. The molecule has 1 fully saturated rings. The van der Waals surface area contributed by atoms with Crippen molar-refractivity contribution in [3.05, 3.63) is 73.6 Å². The Morgan fingerprint density at radius 2 is 1.85 bits per heavy atom. The quantitative estimate of drug-likeness (QED) is 0.195. The van der Waals surface area contributed by atoms with Gasteiger partial charge in [0.15, 0.2) is 17.2 Å². The number of ether oxygens (including phenoxy) is 1. The highest BCUT2D eigenvalue weighted by Gasteiger charge is 2.30. The number of halogens is 1. The Morgan fingerprint density at radius 3 is 2.50 bits per heavy atom. The standard InChI is InChI=1S/C25H24BrN3O9S2/c26-21-22(38-13-20(30)31)24(25(32)33)39-23(21)15-5-3-6-18(12-15)27-17-8-10-28(11-9-17)40(36,37)14-16-4-1-2-7-19(16)29(34)35/h1-7,12,17,27H,8-11,13-14H2,(H,30,31)(H,32,33). The molecule has 3 N–H and O–H groups in total. The molecule has 0 saturated carbocycles. The van der Waals surface area contributed by atoms with Crippen molar-refractivity contribution in [3.8, 4) is 16.2 Å². The number of carboxylic acid groups (broad SMARTS) is 2. The van der Waals surface area contributed by atoms with Crippen molar-refractivity contribution in [3.63, 3.8) is 0 Å². The van der Waals surface area contributed by atoms with E-state index in [-0.39, 0.29) is 41.0 Å². The minimum atomic E-state index is -3.75. The lowest BCUT2D eigenvalue weighted by Gasteiger charge is -2.32. The van der Waals surface area contributed by atoms with Gasteiger partial charge in [-0.15, -0.1) is 11.3 Å². The summed E-state index contributed by atoms with van der Waals surface area (Å²) >= 11 is 4.30. The molecule has 1 aliphatic rings. The van der Waals surface area contributed by atoms with Crippen LogP contribution < -0.4 is 10.1 Å². The van der Waals surface area contributed by atoms with Crippen molar-refractivity contribution in [2.45, 2.75) is 24.6 Å². The Bertz CT molecular complexity index is 1550. The maximum Gasteiger partial charge on any atom is 0.349 e. The summed E-state index contributed by atoms with van der Waals surface area (Å²) in [6.45, 7) is -0.181. The number of nitro groups is 1. The van der Waals surface area contributed by atoms with Crippen LogP contribution in [0.2, 0.25) is 0 Å². The van der Waals surface area contributed by atoms with E-state index in [4.69, 9.17) is 9.84 Å². The third-order valence-corrected chi connectivity index (χ3v) is 10.3. The van der Waals surface area contributed by atoms with Crippen LogP contribution in [0.3, 0.4) is 0 Å². The number of nitrogens with zero attached hydrogens (tertiary/aromatic N) is 2. The number of anilines is 1. The van der Waals surface area contributed by atoms with Crippen LogP contribution >= 0.6 is 27.3 Å². The van der Waals surface area contributed by atoms with Gasteiger partial charge in [0.2, 0.25) is 10.0 Å². The molecule has 1 aromatic heterocycles. The summed E-state index contributed by atoms with van der Waals surface area (Å²) in [6, 6.07) is 13.0. The molecule has 15 heteroatoms. The second kappa shape index (κ2) is 12.3. The average molecular weight is 655 g/mol. The van der Waals surface area contributed by atoms with E-state index in [1.807, 2.05) is 12.1 Å². The SMILES string of the molecule is O=C(O)COc1c(C(=O)O)sc(-c2cccc(NC3CCN(S(=O)(=O)Cc4ccccc4[N+](=O)[O-])CC3)c2)c1Br. The molecule has 212 valence electrons. The summed E-state index contributed by atoms with van der Waals surface area (Å²) in [7, 11) is -3.75. The van der Waals surface area contributed by atoms with Crippen molar-refractivity contribution in [2.24, 2.45) is 0 Å². The number of benzene rings is 2. The number of rotatable bonds is 11. The van der Waals surface area contributed by atoms with Gasteiger partial charge in [-0.25, -0.2) is 22.3 Å². The van der Waals surface area contributed by atoms with E-state index < -0.39 is 39.2 Å². The first kappa shape index (κ1) is 29.5. The zero-order chi connectivity index (χ0) is 29.0. The summed E-state index contributed by atoms with van der Waals surface area (Å²) in [6.07, 6.45) is 1.03. The minimum absolute atomic E-state index is 0.0384. The number of sulfonamides is 1. The van der Waals surface area contributed by atoms with Crippen molar-refractivity contribution < 1.29 is 37.9 Å². The lowest BCUT2D eigenvalue weighted by Crippen LogP contribution is -2.42. The fraction of sp³-hybridized carbons (Fsp3) is 0.280. The molecule has 1 aliphatic heterocycles. The number of nitrogens with one attached hydrogen (secondary N) is 1. The average Bonchev–Trinajstić information content (AvgIpc) is 3.24. The van der Waals surface area contributed by atoms with Crippen LogP contribution in [0.4, 0.5) is 11.4 Å². The Labute approximate surface area is 241 Å². The maximum absolute atomic E-state index is 13.0. The number of aromatic carboxylic acids is 1. The highest BCUT2D eigenvalue weighted by Crippen LogP contribution is 2.46. The zero-order valence-electron chi connectivity index (χ0n) is 20.8. The molecule has 0 aliphatic carbocycles. The zero-order valence-corrected chi connectivity index (χ0v) is 24.0. The van der Waals surface area contributed by atoms with Crippen molar-refractivity contribution in [1.29, 1.82) is 0 Å². The second-order valence-electron chi connectivity index (χ2n) is 8.93. The number of hydrogen-bond acceptors (Lipinski definition) is 9. The third-order valence-electron chi connectivity index (χ3n) is 6.21. The lowest BCUT2D eigenvalue weighted by molar-refractivity contribution is -0.385. The van der Waals surface area contributed by atoms with Crippen molar-refractivity contribution >= 4 is 60.6 Å². The lowest BCUT2D eigenvalue weighted by atomic mass is 10.1. The van der Waals surface area contributed by atoms with Gasteiger partial charge in [0.05, 0.1) is 20.0 Å². The highest BCUT2D eigenvalue weighted by molar-refractivity contribution is 9.10. The first-order chi connectivity index (χ1) is 19.0. The van der Waals surface area contributed by atoms with Crippen LogP contribution in [0.1, 0.15) is 28.1 Å². The fourth-order valence-corrected chi connectivity index (χ4v) is 7.82. The van der Waals surface area contributed by atoms with E-state index in [0.717, 1.165) is 17.0 Å². The number of hydrogen-bond donors (Lipinski definition) is 3. The molecule has 40 heavy (non-hydrogen) atoms. The minimum Gasteiger partial charge on any atom is -0.479 e. The molecule has 2 aromatic carbocycles. The molecule has 4 rings (SSSR count). The van der Waals surface area contributed by atoms with Gasteiger partial charge in [-0.05, 0) is 46.5 Å². The maximum atomic E-state index is 13.0. The number of piperidine rings is 1. The van der Waals surface area contributed by atoms with Gasteiger partial charge in [-0.3, -0.25) is 10.1 Å². The Balaban J connectivity index is 1.43. The molecular weight excluding hydrogens is 630 g/mol. The summed E-state index contributed by atoms with van der Waals surface area (Å²) < 4.78 is 32.9. The molecule has 12 nitrogen and oxygen atoms in total. The highest BCUT2D eigenvalue weighted by atomic mass is 79.9. The number of aliphatic carboxylic acids is 1. The van der Waals surface area contributed by atoms with E-state index in [0.29, 0.717) is 27.8 Å². The number of carboxylic acids is 2. The predicted molar refractivity (Wildman–Crippen MR) is 151 cm³/mol. The van der Waals surface area contributed by atoms with Gasteiger partial charge in [0.1, 0.15) is 0 Å². The molecule has 0 amide bonds. The Kier molecular flexibility index (Phi) is 9.08. The van der Waals surface area contributed by atoms with Crippen LogP contribution in [-0.2, 0) is 20.6 Å². The Morgan fingerprint density at radius 1 is 1.15 bits per heavy atom. The van der Waals surface area contributed by atoms with Crippen molar-refractivity contribution in [1.82, 2.24) is 4.31 Å². The van der Waals surface area contributed by atoms with E-state index >= 15 is 0 Å². The van der Waals surface area contributed by atoms with Crippen LogP contribution in [0.15, 0.2) is 53.0 Å². The van der Waals surface area contributed by atoms with E-state index in [1.54, 1.807) is 18.2 Å². The second-order valence-corrected chi connectivity index (χ2v) is 12.7. The third kappa shape index (κ3) is 6.78. The molecule has 0 radical (unpaired) electrons. The van der Waals surface area contributed by atoms with Crippen LogP contribution in [0, 0.1) is 10.1 Å². The smallest absolute Gasteiger partial charge is 0.349 e. The van der Waals surface area contributed by atoms with Gasteiger partial charge in [0, 0.05) is 36.4 Å². The van der Waals surface area contributed by atoms with Crippen LogP contribution in [0.5, 0.6) is 5.75 Å². The molecule has 0 atom stereocenters. The monoisotopic (exact) mass is 653 g/mol. The normalized spacial score (nSPS) is 14.5. The summed E-state index contributed by atoms with van der Waals surface area (Å²) in [5.74, 6) is -2.98. The first-order valence-electron chi connectivity index (χ1n) is 11.9. The number of thiophene rings is 1. The number of carbonyl (C=O) groups is 2. The Hall–Kier alpha value is -3.53. The molecule has 3 aromatic rings. The van der Waals surface area contributed by atoms with Gasteiger partial charge in [-0.2, -0.15) is 0 Å².